The molecule has 2 amide bonds. The van der Waals surface area contributed by atoms with E-state index in [-0.39, 0.29) is 42.7 Å². The number of fused-ring (bicyclic) bond motifs is 1. The van der Waals surface area contributed by atoms with Crippen molar-refractivity contribution in [3.05, 3.63) is 114 Å². The van der Waals surface area contributed by atoms with Gasteiger partial charge in [0, 0.05) is 31.1 Å². The lowest BCUT2D eigenvalue weighted by molar-refractivity contribution is -0.173. The number of hydrogen-bond acceptors (Lipinski definition) is 4. The molecule has 4 atom stereocenters. The van der Waals surface area contributed by atoms with Crippen LogP contribution in [0.1, 0.15) is 45.9 Å². The van der Waals surface area contributed by atoms with Crippen molar-refractivity contribution < 1.29 is 22.8 Å². The summed E-state index contributed by atoms with van der Waals surface area (Å²) in [6, 6.07) is 24.9. The van der Waals surface area contributed by atoms with Gasteiger partial charge in [-0.1, -0.05) is 78.9 Å². The number of aromatic nitrogens is 2. The molecule has 2 aliphatic heterocycles. The van der Waals surface area contributed by atoms with E-state index >= 15 is 0 Å². The van der Waals surface area contributed by atoms with Crippen LogP contribution < -0.4 is 10.6 Å². The Morgan fingerprint density at radius 1 is 0.854 bits per heavy atom. The summed E-state index contributed by atoms with van der Waals surface area (Å²) in [6.45, 7) is 0.359. The zero-order valence-corrected chi connectivity index (χ0v) is 22.0. The zero-order valence-electron chi connectivity index (χ0n) is 22.0. The number of amides is 2. The zero-order chi connectivity index (χ0) is 28.6. The van der Waals surface area contributed by atoms with Gasteiger partial charge in [-0.25, -0.2) is 4.68 Å². The molecule has 210 valence electrons. The van der Waals surface area contributed by atoms with Gasteiger partial charge in [-0.15, -0.1) is 0 Å². The number of alkyl halides is 3. The van der Waals surface area contributed by atoms with Crippen molar-refractivity contribution in [2.75, 3.05) is 23.7 Å². The SMILES string of the molecule is O=C(Nc1ccccc1)C1CN(C(=O)c2cnn3c2N[C@@H](c2ccccc2)C[C@H]3C(F)(F)F)CC1c1ccccc1. The van der Waals surface area contributed by atoms with Crippen LogP contribution in [0, 0.1) is 5.92 Å². The van der Waals surface area contributed by atoms with Crippen molar-refractivity contribution in [2.24, 2.45) is 5.92 Å². The number of rotatable bonds is 5. The van der Waals surface area contributed by atoms with Crippen LogP contribution in [-0.4, -0.2) is 45.8 Å². The quantitative estimate of drug-likeness (QED) is 0.313. The molecule has 2 aliphatic rings. The van der Waals surface area contributed by atoms with E-state index in [1.165, 1.54) is 6.20 Å². The predicted octanol–water partition coefficient (Wildman–Crippen LogP) is 6.04. The molecule has 0 bridgehead atoms. The van der Waals surface area contributed by atoms with Gasteiger partial charge in [0.25, 0.3) is 5.91 Å². The van der Waals surface area contributed by atoms with E-state index in [1.807, 2.05) is 48.5 Å². The third-order valence-electron chi connectivity index (χ3n) is 7.88. The molecule has 2 unspecified atom stereocenters. The molecule has 10 heteroatoms. The van der Waals surface area contributed by atoms with Gasteiger partial charge in [-0.05, 0) is 23.3 Å². The Morgan fingerprint density at radius 2 is 1.46 bits per heavy atom. The second-order valence-electron chi connectivity index (χ2n) is 10.4. The van der Waals surface area contributed by atoms with E-state index in [0.717, 1.165) is 10.2 Å². The standard InChI is InChI=1S/C31H28F3N5O2/c32-31(33,34)27-16-26(21-12-6-2-7-13-21)37-28-23(17-35-39(27)28)30(41)38-18-24(20-10-4-1-5-11-20)25(19-38)29(40)36-22-14-8-3-9-15-22/h1-15,17,24-27,37H,16,18-19H2,(H,36,40)/t24?,25?,26-,27+/m1/s1. The summed E-state index contributed by atoms with van der Waals surface area (Å²) in [5.41, 5.74) is 2.30. The Morgan fingerprint density at radius 3 is 2.10 bits per heavy atom. The number of halogens is 3. The van der Waals surface area contributed by atoms with Gasteiger partial charge in [-0.2, -0.15) is 18.3 Å². The molecule has 3 aromatic carbocycles. The van der Waals surface area contributed by atoms with E-state index in [9.17, 15) is 22.8 Å². The first-order chi connectivity index (χ1) is 19.8. The first kappa shape index (κ1) is 26.6. The fourth-order valence-electron chi connectivity index (χ4n) is 5.82. The average molecular weight is 560 g/mol. The largest absolute Gasteiger partial charge is 0.410 e. The molecule has 6 rings (SSSR count). The number of benzene rings is 3. The smallest absolute Gasteiger partial charge is 0.363 e. The highest BCUT2D eigenvalue weighted by atomic mass is 19.4. The number of hydrogen-bond donors (Lipinski definition) is 2. The summed E-state index contributed by atoms with van der Waals surface area (Å²) in [5.74, 6) is -1.50. The van der Waals surface area contributed by atoms with Gasteiger partial charge < -0.3 is 15.5 Å². The molecule has 7 nitrogen and oxygen atoms in total. The normalized spacial score (nSPS) is 22.1. The van der Waals surface area contributed by atoms with Gasteiger partial charge in [0.1, 0.15) is 11.4 Å². The molecule has 0 spiro atoms. The molecule has 4 aromatic rings. The summed E-state index contributed by atoms with van der Waals surface area (Å²) in [6.07, 6.45) is -3.61. The fourth-order valence-corrected chi connectivity index (χ4v) is 5.82. The average Bonchev–Trinajstić information content (AvgIpc) is 3.63. The summed E-state index contributed by atoms with van der Waals surface area (Å²) in [5, 5.41) is 10.1. The lowest BCUT2D eigenvalue weighted by Gasteiger charge is -2.34. The Balaban J connectivity index is 1.31. The minimum Gasteiger partial charge on any atom is -0.363 e. The first-order valence-electron chi connectivity index (χ1n) is 13.5. The van der Waals surface area contributed by atoms with Crippen LogP contribution in [0.15, 0.2) is 97.2 Å². The highest BCUT2D eigenvalue weighted by Gasteiger charge is 2.48. The minimum absolute atomic E-state index is 0.0332. The lowest BCUT2D eigenvalue weighted by Crippen LogP contribution is -2.37. The van der Waals surface area contributed by atoms with Crippen LogP contribution >= 0.6 is 0 Å². The number of likely N-dealkylation sites (tertiary alicyclic amines) is 1. The topological polar surface area (TPSA) is 79.3 Å². The predicted molar refractivity (Wildman–Crippen MR) is 148 cm³/mol. The van der Waals surface area contributed by atoms with Gasteiger partial charge in [0.05, 0.1) is 18.2 Å². The number of carbonyl (C=O) groups is 2. The molecule has 0 aliphatic carbocycles. The fraction of sp³-hybridized carbons (Fsp3) is 0.258. The van der Waals surface area contributed by atoms with Crippen molar-refractivity contribution in [1.29, 1.82) is 0 Å². The van der Waals surface area contributed by atoms with E-state index in [1.54, 1.807) is 47.4 Å². The number of anilines is 2. The van der Waals surface area contributed by atoms with Gasteiger partial charge >= 0.3 is 6.18 Å². The maximum absolute atomic E-state index is 14.1. The molecule has 2 N–H and O–H groups in total. The van der Waals surface area contributed by atoms with E-state index in [4.69, 9.17) is 0 Å². The number of nitrogens with zero attached hydrogens (tertiary/aromatic N) is 3. The Hall–Kier alpha value is -4.60. The molecule has 0 saturated carbocycles. The van der Waals surface area contributed by atoms with Crippen LogP contribution in [-0.2, 0) is 4.79 Å². The molecule has 1 aromatic heterocycles. The van der Waals surface area contributed by atoms with Crippen molar-refractivity contribution >= 4 is 23.3 Å². The summed E-state index contributed by atoms with van der Waals surface area (Å²) >= 11 is 0. The van der Waals surface area contributed by atoms with E-state index in [0.29, 0.717) is 11.3 Å². The van der Waals surface area contributed by atoms with Crippen LogP contribution in [0.4, 0.5) is 24.7 Å². The summed E-state index contributed by atoms with van der Waals surface area (Å²) in [4.78, 5) is 28.9. The Kier molecular flexibility index (Phi) is 6.98. The van der Waals surface area contributed by atoms with Crippen molar-refractivity contribution in [3.8, 4) is 0 Å². The minimum atomic E-state index is -4.55. The number of para-hydroxylation sites is 1. The molecule has 1 fully saturated rings. The van der Waals surface area contributed by atoms with Crippen LogP contribution in [0.3, 0.4) is 0 Å². The van der Waals surface area contributed by atoms with Crippen molar-refractivity contribution in [1.82, 2.24) is 14.7 Å². The maximum Gasteiger partial charge on any atom is 0.410 e. The van der Waals surface area contributed by atoms with E-state index in [2.05, 4.69) is 15.7 Å². The second-order valence-corrected chi connectivity index (χ2v) is 10.4. The molecule has 1 saturated heterocycles. The van der Waals surface area contributed by atoms with Gasteiger partial charge in [-0.3, -0.25) is 9.59 Å². The molecule has 0 radical (unpaired) electrons. The Bertz CT molecular complexity index is 1530. The monoisotopic (exact) mass is 559 g/mol. The summed E-state index contributed by atoms with van der Waals surface area (Å²) in [7, 11) is 0. The van der Waals surface area contributed by atoms with Crippen LogP contribution in [0.25, 0.3) is 0 Å². The molecular formula is C31H28F3N5O2. The number of carbonyl (C=O) groups excluding carboxylic acids is 2. The highest BCUT2D eigenvalue weighted by Crippen LogP contribution is 2.45. The summed E-state index contributed by atoms with van der Waals surface area (Å²) < 4.78 is 43.3. The first-order valence-corrected chi connectivity index (χ1v) is 13.5. The second kappa shape index (κ2) is 10.8. The van der Waals surface area contributed by atoms with Gasteiger partial charge in [0.2, 0.25) is 5.91 Å². The van der Waals surface area contributed by atoms with Crippen molar-refractivity contribution in [3.63, 3.8) is 0 Å². The third kappa shape index (κ3) is 5.29. The van der Waals surface area contributed by atoms with Crippen LogP contribution in [0.5, 0.6) is 0 Å². The molecule has 3 heterocycles. The third-order valence-corrected chi connectivity index (χ3v) is 7.88. The Labute approximate surface area is 235 Å². The van der Waals surface area contributed by atoms with Crippen LogP contribution in [0.2, 0.25) is 0 Å². The molecular weight excluding hydrogens is 531 g/mol. The van der Waals surface area contributed by atoms with Crippen molar-refractivity contribution in [2.45, 2.75) is 30.6 Å². The highest BCUT2D eigenvalue weighted by molar-refractivity contribution is 6.00. The maximum atomic E-state index is 14.1. The number of nitrogens with one attached hydrogen (secondary N) is 2. The molecule has 41 heavy (non-hydrogen) atoms. The lowest BCUT2D eigenvalue weighted by atomic mass is 9.88. The van der Waals surface area contributed by atoms with Gasteiger partial charge in [0.15, 0.2) is 6.04 Å². The van der Waals surface area contributed by atoms with E-state index < -0.39 is 30.1 Å².